The molecule has 2 heterocycles. The number of nitrogens with zero attached hydrogens (tertiary/aromatic N) is 4. The van der Waals surface area contributed by atoms with Crippen LogP contribution in [0.3, 0.4) is 0 Å². The second kappa shape index (κ2) is 10.2. The van der Waals surface area contributed by atoms with Crippen molar-refractivity contribution in [3.05, 3.63) is 34.2 Å². The number of rotatable bonds is 6. The zero-order valence-corrected chi connectivity index (χ0v) is 22.0. The summed E-state index contributed by atoms with van der Waals surface area (Å²) in [5.74, 6) is -0.109. The van der Waals surface area contributed by atoms with E-state index in [0.717, 1.165) is 19.3 Å². The number of anilines is 3. The first kappa shape index (κ1) is 25.9. The van der Waals surface area contributed by atoms with Crippen molar-refractivity contribution in [2.75, 3.05) is 10.6 Å². The van der Waals surface area contributed by atoms with Crippen LogP contribution in [-0.2, 0) is 4.79 Å². The number of halogens is 3. The average Bonchev–Trinajstić information content (AvgIpc) is 3.19. The fraction of sp³-hybridized carbons (Fsp3) is 0.520. The Labute approximate surface area is 224 Å². The van der Waals surface area contributed by atoms with E-state index in [1.165, 1.54) is 12.1 Å². The van der Waals surface area contributed by atoms with Gasteiger partial charge in [-0.2, -0.15) is 4.98 Å². The monoisotopic (exact) mass is 549 g/mol. The number of carbonyl (C=O) groups excluding carboxylic acids is 1. The summed E-state index contributed by atoms with van der Waals surface area (Å²) in [6.07, 6.45) is 7.13. The Morgan fingerprint density at radius 1 is 1.22 bits per heavy atom. The first-order chi connectivity index (χ1) is 17.6. The number of aliphatic hydroxyl groups excluding tert-OH is 1. The molecule has 0 radical (unpaired) electrons. The molecule has 198 valence electrons. The van der Waals surface area contributed by atoms with Crippen LogP contribution in [0.4, 0.5) is 22.0 Å². The first-order valence-electron chi connectivity index (χ1n) is 12.5. The van der Waals surface area contributed by atoms with Gasteiger partial charge in [-0.1, -0.05) is 30.1 Å². The molecule has 3 aromatic rings. The van der Waals surface area contributed by atoms with E-state index < -0.39 is 11.2 Å². The number of aromatic nitrogens is 4. The molecule has 1 amide bonds. The summed E-state index contributed by atoms with van der Waals surface area (Å²) in [6.45, 7) is 1.89. The van der Waals surface area contributed by atoms with Crippen LogP contribution in [0.1, 0.15) is 64.3 Å². The number of hydrogen-bond donors (Lipinski definition) is 4. The van der Waals surface area contributed by atoms with Gasteiger partial charge >= 0.3 is 0 Å². The zero-order valence-electron chi connectivity index (χ0n) is 20.5. The Morgan fingerprint density at radius 3 is 2.65 bits per heavy atom. The van der Waals surface area contributed by atoms with Gasteiger partial charge in [-0.05, 0) is 63.5 Å². The minimum Gasteiger partial charge on any atom is -0.393 e. The lowest BCUT2D eigenvalue weighted by Gasteiger charge is -2.35. The van der Waals surface area contributed by atoms with Gasteiger partial charge in [-0.25, -0.2) is 14.4 Å². The van der Waals surface area contributed by atoms with Crippen LogP contribution in [0, 0.1) is 11.2 Å². The number of nitrogens with two attached hydrogens (primary N) is 1. The third-order valence-corrected chi connectivity index (χ3v) is 8.19. The molecule has 2 aromatic heterocycles. The fourth-order valence-electron chi connectivity index (χ4n) is 5.39. The van der Waals surface area contributed by atoms with Crippen LogP contribution in [-0.4, -0.2) is 42.7 Å². The number of nitrogens with one attached hydrogen (secondary N) is 2. The van der Waals surface area contributed by atoms with Crippen molar-refractivity contribution in [2.45, 2.75) is 76.5 Å². The highest BCUT2D eigenvalue weighted by Gasteiger charge is 2.38. The van der Waals surface area contributed by atoms with Gasteiger partial charge in [0.05, 0.1) is 23.0 Å². The van der Waals surface area contributed by atoms with Crippen molar-refractivity contribution in [1.29, 1.82) is 0 Å². The largest absolute Gasteiger partial charge is 0.393 e. The molecule has 37 heavy (non-hydrogen) atoms. The third kappa shape index (κ3) is 5.32. The van der Waals surface area contributed by atoms with Gasteiger partial charge in [0.25, 0.3) is 0 Å². The second-order valence-corrected chi connectivity index (χ2v) is 11.2. The molecule has 0 aliphatic heterocycles. The maximum atomic E-state index is 14.8. The summed E-state index contributed by atoms with van der Waals surface area (Å²) in [7, 11) is 0. The molecular formula is C25H30Cl2FN7O2. The molecule has 2 aliphatic rings. The number of imidazole rings is 1. The quantitative estimate of drug-likeness (QED) is 0.326. The normalized spacial score (nSPS) is 26.2. The number of benzene rings is 1. The predicted octanol–water partition coefficient (Wildman–Crippen LogP) is 5.34. The minimum absolute atomic E-state index is 0.0582. The summed E-state index contributed by atoms with van der Waals surface area (Å²) in [5.41, 5.74) is 6.26. The average molecular weight is 550 g/mol. The number of carbonyl (C=O) groups is 1. The Hall–Kier alpha value is -2.69. The highest BCUT2D eigenvalue weighted by atomic mass is 35.5. The zero-order chi connectivity index (χ0) is 26.3. The van der Waals surface area contributed by atoms with E-state index in [1.54, 1.807) is 6.20 Å². The van der Waals surface area contributed by atoms with E-state index in [4.69, 9.17) is 33.9 Å². The van der Waals surface area contributed by atoms with Crippen LogP contribution < -0.4 is 16.4 Å². The highest BCUT2D eigenvalue weighted by molar-refractivity contribution is 6.36. The molecule has 2 saturated carbocycles. The summed E-state index contributed by atoms with van der Waals surface area (Å²) in [6, 6.07) is 2.65. The predicted molar refractivity (Wildman–Crippen MR) is 142 cm³/mol. The lowest BCUT2D eigenvalue weighted by molar-refractivity contribution is -0.128. The number of aliphatic hydroxyl groups is 1. The minimum atomic E-state index is -0.606. The van der Waals surface area contributed by atoms with E-state index in [9.17, 15) is 14.3 Å². The maximum Gasteiger partial charge on any atom is 0.224 e. The standard InChI is InChI=1S/C25H30Cl2FN7O2/c1-25(22(29)37)7-5-15(6-8-25)35-21-19(12-30-23(34-21)31-14-3-2-4-16(36)11-14)32-24(35)33-20-17(27)9-13(26)10-18(20)28/h9-10,12,14-16,36H,2-8,11H2,1H3,(H2,29,37)(H,32,33)(H,30,31,34). The summed E-state index contributed by atoms with van der Waals surface area (Å²) < 4.78 is 16.7. The Morgan fingerprint density at radius 2 is 1.97 bits per heavy atom. The lowest BCUT2D eigenvalue weighted by Crippen LogP contribution is -2.38. The first-order valence-corrected chi connectivity index (χ1v) is 13.3. The van der Waals surface area contributed by atoms with Crippen LogP contribution in [0.5, 0.6) is 0 Å². The highest BCUT2D eigenvalue weighted by Crippen LogP contribution is 2.43. The molecule has 2 unspecified atom stereocenters. The lowest BCUT2D eigenvalue weighted by atomic mass is 9.73. The van der Waals surface area contributed by atoms with Gasteiger partial charge in [0.2, 0.25) is 17.8 Å². The number of hydrogen-bond acceptors (Lipinski definition) is 7. The summed E-state index contributed by atoms with van der Waals surface area (Å²) in [5, 5.41) is 16.7. The molecular weight excluding hydrogens is 520 g/mol. The van der Waals surface area contributed by atoms with E-state index in [0.29, 0.717) is 55.2 Å². The van der Waals surface area contributed by atoms with Gasteiger partial charge in [0, 0.05) is 22.5 Å². The van der Waals surface area contributed by atoms with Crippen molar-refractivity contribution in [3.63, 3.8) is 0 Å². The third-order valence-electron chi connectivity index (χ3n) is 7.67. The number of amides is 1. The Kier molecular flexibility index (Phi) is 7.17. The Balaban J connectivity index is 1.52. The fourth-order valence-corrected chi connectivity index (χ4v) is 5.91. The molecule has 0 spiro atoms. The molecule has 2 fully saturated rings. The molecule has 0 bridgehead atoms. The smallest absolute Gasteiger partial charge is 0.224 e. The van der Waals surface area contributed by atoms with Crippen LogP contribution in [0.15, 0.2) is 18.3 Å². The SMILES string of the molecule is CC1(C(N)=O)CCC(n2c(Nc3c(F)cc(Cl)cc3Cl)nc3cnc(NC4CCCC(O)C4)nc32)CC1. The second-order valence-electron chi connectivity index (χ2n) is 10.4. The van der Waals surface area contributed by atoms with Crippen molar-refractivity contribution in [1.82, 2.24) is 19.5 Å². The molecule has 0 saturated heterocycles. The van der Waals surface area contributed by atoms with E-state index in [2.05, 4.69) is 20.6 Å². The van der Waals surface area contributed by atoms with Gasteiger partial charge in [0.15, 0.2) is 5.65 Å². The van der Waals surface area contributed by atoms with E-state index in [1.807, 2.05) is 11.5 Å². The number of fused-ring (bicyclic) bond motifs is 1. The van der Waals surface area contributed by atoms with E-state index >= 15 is 0 Å². The molecule has 9 nitrogen and oxygen atoms in total. The van der Waals surface area contributed by atoms with Gasteiger partial charge in [-0.15, -0.1) is 0 Å². The molecule has 12 heteroatoms. The maximum absolute atomic E-state index is 14.8. The van der Waals surface area contributed by atoms with Crippen molar-refractivity contribution in [2.24, 2.45) is 11.1 Å². The summed E-state index contributed by atoms with van der Waals surface area (Å²) in [4.78, 5) is 25.9. The topological polar surface area (TPSA) is 131 Å². The summed E-state index contributed by atoms with van der Waals surface area (Å²) >= 11 is 12.3. The van der Waals surface area contributed by atoms with Crippen LogP contribution in [0.25, 0.3) is 11.2 Å². The molecule has 1 aromatic carbocycles. The van der Waals surface area contributed by atoms with Crippen molar-refractivity contribution >= 4 is 57.9 Å². The van der Waals surface area contributed by atoms with E-state index in [-0.39, 0.29) is 39.8 Å². The molecule has 2 aliphatic carbocycles. The molecule has 2 atom stereocenters. The number of primary amides is 1. The van der Waals surface area contributed by atoms with Crippen molar-refractivity contribution in [3.8, 4) is 0 Å². The van der Waals surface area contributed by atoms with Gasteiger partial charge < -0.3 is 21.5 Å². The van der Waals surface area contributed by atoms with Gasteiger partial charge in [0.1, 0.15) is 11.3 Å². The molecule has 5 N–H and O–H groups in total. The Bertz CT molecular complexity index is 1300. The van der Waals surface area contributed by atoms with Gasteiger partial charge in [-0.3, -0.25) is 9.36 Å². The van der Waals surface area contributed by atoms with Crippen LogP contribution in [0.2, 0.25) is 10.0 Å². The van der Waals surface area contributed by atoms with Crippen molar-refractivity contribution < 1.29 is 14.3 Å². The molecule has 5 rings (SSSR count). The van der Waals surface area contributed by atoms with Crippen LogP contribution >= 0.6 is 23.2 Å².